The van der Waals surface area contributed by atoms with Crippen molar-refractivity contribution < 1.29 is 18.9 Å². The summed E-state index contributed by atoms with van der Waals surface area (Å²) in [7, 11) is 1.60. The summed E-state index contributed by atoms with van der Waals surface area (Å²) >= 11 is 0. The summed E-state index contributed by atoms with van der Waals surface area (Å²) in [6.45, 7) is 0. The molecule has 4 rings (SSSR count). The molecule has 9 nitrogen and oxygen atoms in total. The topological polar surface area (TPSA) is 119 Å². The van der Waals surface area contributed by atoms with Crippen LogP contribution in [0.4, 0.5) is 5.69 Å². The lowest BCUT2D eigenvalue weighted by Crippen LogP contribution is -2.00. The second-order valence-corrected chi connectivity index (χ2v) is 5.17. The summed E-state index contributed by atoms with van der Waals surface area (Å²) in [5.41, 5.74) is 4.00. The molecule has 1 aromatic carbocycles. The van der Waals surface area contributed by atoms with Crippen LogP contribution in [0, 0.1) is 0 Å². The second kappa shape index (κ2) is 6.65. The fourth-order valence-corrected chi connectivity index (χ4v) is 2.45. The number of methoxy groups -OCH3 is 1. The Morgan fingerprint density at radius 1 is 1.23 bits per heavy atom. The second-order valence-electron chi connectivity index (χ2n) is 5.17. The first-order chi connectivity index (χ1) is 12.8. The average molecular weight is 351 g/mol. The lowest BCUT2D eigenvalue weighted by atomic mass is 10.2. The zero-order valence-corrected chi connectivity index (χ0v) is 13.6. The van der Waals surface area contributed by atoms with Gasteiger partial charge in [-0.1, -0.05) is 5.16 Å². The maximum atomic E-state index is 8.78. The molecule has 3 heterocycles. The molecule has 130 valence electrons. The molecule has 0 atom stereocenters. The third-order valence-corrected chi connectivity index (χ3v) is 3.64. The van der Waals surface area contributed by atoms with E-state index in [9.17, 15) is 0 Å². The Labute approximate surface area is 146 Å². The summed E-state index contributed by atoms with van der Waals surface area (Å²) in [4.78, 5) is 12.7. The number of aliphatic imine (C=N–C) groups is 1. The molecule has 0 amide bonds. The number of furan rings is 1. The number of nitrogens with zero attached hydrogens (tertiary/aromatic N) is 4. The van der Waals surface area contributed by atoms with Crippen molar-refractivity contribution in [3.05, 3.63) is 42.6 Å². The molecule has 0 saturated heterocycles. The summed E-state index contributed by atoms with van der Waals surface area (Å²) in [5, 5.41) is 12.8. The van der Waals surface area contributed by atoms with E-state index in [0.29, 0.717) is 22.6 Å². The monoisotopic (exact) mass is 351 g/mol. The number of hydrogen-bond donors (Lipinski definition) is 2. The predicted octanol–water partition coefficient (Wildman–Crippen LogP) is 3.19. The van der Waals surface area contributed by atoms with Crippen molar-refractivity contribution in [3.8, 4) is 28.8 Å². The number of rotatable bonds is 5. The van der Waals surface area contributed by atoms with Crippen molar-refractivity contribution in [2.75, 3.05) is 7.11 Å². The highest BCUT2D eigenvalue weighted by Crippen LogP contribution is 2.38. The van der Waals surface area contributed by atoms with Gasteiger partial charge in [0.05, 0.1) is 7.11 Å². The molecule has 0 saturated carbocycles. The first-order valence-electron chi connectivity index (χ1n) is 7.58. The van der Waals surface area contributed by atoms with Crippen molar-refractivity contribution in [1.29, 1.82) is 0 Å². The molecule has 0 radical (unpaired) electrons. The Hall–Kier alpha value is -3.72. The number of pyridine rings is 1. The molecular weight excluding hydrogens is 338 g/mol. The Kier molecular flexibility index (Phi) is 4.04. The normalized spacial score (nSPS) is 11.3. The maximum absolute atomic E-state index is 8.78. The van der Waals surface area contributed by atoms with E-state index in [1.807, 2.05) is 17.6 Å². The highest BCUT2D eigenvalue weighted by atomic mass is 16.5. The minimum absolute atomic E-state index is 0.152. The molecule has 3 aromatic heterocycles. The van der Waals surface area contributed by atoms with Crippen LogP contribution in [-0.4, -0.2) is 33.8 Å². The lowest BCUT2D eigenvalue weighted by Gasteiger charge is -1.98. The first kappa shape index (κ1) is 15.8. The van der Waals surface area contributed by atoms with Crippen LogP contribution in [0.25, 0.3) is 34.1 Å². The fourth-order valence-electron chi connectivity index (χ4n) is 2.45. The molecule has 2 N–H and O–H groups in total. The quantitative estimate of drug-likeness (QED) is 0.320. The van der Waals surface area contributed by atoms with E-state index in [0.717, 1.165) is 17.7 Å². The number of aromatic nitrogens is 3. The number of hydrogen-bond acceptors (Lipinski definition) is 8. The van der Waals surface area contributed by atoms with Gasteiger partial charge in [0.25, 0.3) is 5.89 Å². The third kappa shape index (κ3) is 2.76. The molecule has 0 unspecified atom stereocenters. The van der Waals surface area contributed by atoms with Gasteiger partial charge >= 0.3 is 0 Å². The molecule has 0 fully saturated rings. The van der Waals surface area contributed by atoms with Crippen LogP contribution < -0.4 is 10.2 Å². The van der Waals surface area contributed by atoms with Gasteiger partial charge in [0, 0.05) is 11.8 Å². The SMILES string of the molecule is COc1ccc(-c2noc(-c3oc4cccnc4c3N=CNO)n2)cc1. The van der Waals surface area contributed by atoms with Crippen LogP contribution in [0.3, 0.4) is 0 Å². The minimum atomic E-state index is 0.152. The average Bonchev–Trinajstić information content (AvgIpc) is 3.31. The Morgan fingerprint density at radius 2 is 2.08 bits per heavy atom. The lowest BCUT2D eigenvalue weighted by molar-refractivity contribution is 0.240. The number of fused-ring (bicyclic) bond motifs is 1. The molecule has 4 aromatic rings. The zero-order chi connectivity index (χ0) is 17.9. The van der Waals surface area contributed by atoms with Crippen LogP contribution >= 0.6 is 0 Å². The van der Waals surface area contributed by atoms with Gasteiger partial charge in [-0.25, -0.2) is 4.99 Å². The van der Waals surface area contributed by atoms with E-state index >= 15 is 0 Å². The van der Waals surface area contributed by atoms with Crippen molar-refractivity contribution in [3.63, 3.8) is 0 Å². The predicted molar refractivity (Wildman–Crippen MR) is 92.4 cm³/mol. The van der Waals surface area contributed by atoms with E-state index < -0.39 is 0 Å². The first-order valence-corrected chi connectivity index (χ1v) is 7.58. The molecule has 0 bridgehead atoms. The van der Waals surface area contributed by atoms with E-state index in [2.05, 4.69) is 20.1 Å². The summed E-state index contributed by atoms with van der Waals surface area (Å²) < 4.78 is 16.2. The van der Waals surface area contributed by atoms with Gasteiger partial charge in [-0.05, 0) is 36.4 Å². The van der Waals surface area contributed by atoms with Crippen LogP contribution in [0.15, 0.2) is 56.5 Å². The van der Waals surface area contributed by atoms with Crippen molar-refractivity contribution >= 4 is 23.1 Å². The van der Waals surface area contributed by atoms with Crippen LogP contribution in [0.5, 0.6) is 5.75 Å². The minimum Gasteiger partial charge on any atom is -0.497 e. The highest BCUT2D eigenvalue weighted by molar-refractivity contribution is 5.94. The molecule has 0 spiro atoms. The summed E-state index contributed by atoms with van der Waals surface area (Å²) in [5.74, 6) is 1.54. The van der Waals surface area contributed by atoms with Gasteiger partial charge < -0.3 is 13.7 Å². The number of nitrogens with one attached hydrogen (secondary N) is 1. The fraction of sp³-hybridized carbons (Fsp3) is 0.0588. The van der Waals surface area contributed by atoms with Crippen molar-refractivity contribution in [2.45, 2.75) is 0 Å². The highest BCUT2D eigenvalue weighted by Gasteiger charge is 2.22. The van der Waals surface area contributed by atoms with Crippen molar-refractivity contribution in [1.82, 2.24) is 20.6 Å². The molecular formula is C17H13N5O4. The van der Waals surface area contributed by atoms with Gasteiger partial charge in [0.2, 0.25) is 11.6 Å². The molecule has 0 aliphatic carbocycles. The van der Waals surface area contributed by atoms with Gasteiger partial charge in [-0.3, -0.25) is 15.7 Å². The Balaban J connectivity index is 1.78. The van der Waals surface area contributed by atoms with Crippen LogP contribution in [0.2, 0.25) is 0 Å². The van der Waals surface area contributed by atoms with Gasteiger partial charge in [0.15, 0.2) is 5.58 Å². The van der Waals surface area contributed by atoms with E-state index in [-0.39, 0.29) is 11.7 Å². The van der Waals surface area contributed by atoms with Crippen LogP contribution in [0.1, 0.15) is 0 Å². The van der Waals surface area contributed by atoms with E-state index in [1.165, 1.54) is 0 Å². The van der Waals surface area contributed by atoms with E-state index in [1.54, 1.807) is 37.6 Å². The molecule has 9 heteroatoms. The number of hydroxylamine groups is 1. The largest absolute Gasteiger partial charge is 0.497 e. The Bertz CT molecular complexity index is 1070. The van der Waals surface area contributed by atoms with Gasteiger partial charge in [-0.2, -0.15) is 4.98 Å². The van der Waals surface area contributed by atoms with Crippen LogP contribution in [-0.2, 0) is 0 Å². The third-order valence-electron chi connectivity index (χ3n) is 3.64. The molecule has 0 aliphatic rings. The van der Waals surface area contributed by atoms with E-state index in [4.69, 9.17) is 18.9 Å². The molecule has 0 aliphatic heterocycles. The standard InChI is InChI=1S/C17H13N5O4/c1-24-11-6-4-10(5-7-11)16-21-17(26-22-16)15-14(19-9-20-23)13-12(25-15)3-2-8-18-13/h2-9,23H,1H3,(H,19,20). The zero-order valence-electron chi connectivity index (χ0n) is 13.6. The Morgan fingerprint density at radius 3 is 2.85 bits per heavy atom. The molecule has 26 heavy (non-hydrogen) atoms. The smallest absolute Gasteiger partial charge is 0.296 e. The number of ether oxygens (including phenoxy) is 1. The van der Waals surface area contributed by atoms with Gasteiger partial charge in [0.1, 0.15) is 23.3 Å². The van der Waals surface area contributed by atoms with Crippen molar-refractivity contribution in [2.24, 2.45) is 4.99 Å². The summed E-state index contributed by atoms with van der Waals surface area (Å²) in [6.07, 6.45) is 2.72. The van der Waals surface area contributed by atoms with Gasteiger partial charge in [-0.15, -0.1) is 0 Å². The summed E-state index contributed by atoms with van der Waals surface area (Å²) in [6, 6.07) is 10.7. The number of benzene rings is 1. The maximum Gasteiger partial charge on any atom is 0.296 e.